The Balaban J connectivity index is 1.86. The molecule has 2 fully saturated rings. The van der Waals surface area contributed by atoms with Gasteiger partial charge in [-0.05, 0) is 26.3 Å². The molecule has 1 amide bonds. The molecule has 3 heterocycles. The molecule has 3 aliphatic heterocycles. The molecule has 0 aliphatic carbocycles. The molecule has 15 heavy (non-hydrogen) atoms. The summed E-state index contributed by atoms with van der Waals surface area (Å²) < 4.78 is 11.6. The van der Waals surface area contributed by atoms with Crippen LogP contribution in [-0.2, 0) is 14.3 Å². The number of fused-ring (bicyclic) bond motifs is 3. The zero-order valence-corrected chi connectivity index (χ0v) is 8.97. The second-order valence-electron chi connectivity index (χ2n) is 4.83. The number of hydrogen-bond donors (Lipinski definition) is 0. The van der Waals surface area contributed by atoms with Gasteiger partial charge in [0, 0.05) is 0 Å². The van der Waals surface area contributed by atoms with Crippen molar-refractivity contribution in [2.24, 2.45) is 0 Å². The molecule has 0 unspecified atom stereocenters. The molecule has 0 spiro atoms. The number of hydrogen-bond acceptors (Lipinski definition) is 3. The van der Waals surface area contributed by atoms with Gasteiger partial charge in [0.05, 0.1) is 12.6 Å². The molecule has 4 nitrogen and oxygen atoms in total. The van der Waals surface area contributed by atoms with E-state index >= 15 is 0 Å². The minimum Gasteiger partial charge on any atom is -0.343 e. The molecule has 3 atom stereocenters. The highest BCUT2D eigenvalue weighted by Gasteiger charge is 2.53. The molecular weight excluding hydrogens is 194 g/mol. The van der Waals surface area contributed by atoms with Crippen molar-refractivity contribution < 1.29 is 14.3 Å². The fourth-order valence-corrected chi connectivity index (χ4v) is 2.76. The van der Waals surface area contributed by atoms with Gasteiger partial charge in [-0.1, -0.05) is 6.08 Å². The van der Waals surface area contributed by atoms with Crippen molar-refractivity contribution in [1.82, 2.24) is 4.90 Å². The van der Waals surface area contributed by atoms with Crippen molar-refractivity contribution in [2.45, 2.75) is 44.3 Å². The van der Waals surface area contributed by atoms with E-state index in [0.29, 0.717) is 6.54 Å². The van der Waals surface area contributed by atoms with Crippen LogP contribution in [0, 0.1) is 0 Å². The Hall–Kier alpha value is -0.870. The summed E-state index contributed by atoms with van der Waals surface area (Å²) in [7, 11) is 0. The molecule has 0 radical (unpaired) electrons. The molecule has 3 aliphatic rings. The maximum absolute atomic E-state index is 11.6. The van der Waals surface area contributed by atoms with Crippen LogP contribution in [0.2, 0.25) is 0 Å². The Morgan fingerprint density at radius 1 is 1.47 bits per heavy atom. The summed E-state index contributed by atoms with van der Waals surface area (Å²) in [6.07, 6.45) is 4.55. The first-order valence-corrected chi connectivity index (χ1v) is 5.40. The lowest BCUT2D eigenvalue weighted by molar-refractivity contribution is -0.165. The summed E-state index contributed by atoms with van der Waals surface area (Å²) in [6.45, 7) is 4.52. The molecule has 0 saturated carbocycles. The maximum atomic E-state index is 11.6. The highest BCUT2D eigenvalue weighted by Crippen LogP contribution is 2.38. The summed E-state index contributed by atoms with van der Waals surface area (Å²) in [5, 5.41) is 0. The molecular formula is C11H15NO3. The number of nitrogens with zero attached hydrogens (tertiary/aromatic N) is 1. The predicted molar refractivity (Wildman–Crippen MR) is 53.1 cm³/mol. The smallest absolute Gasteiger partial charge is 0.246 e. The Morgan fingerprint density at radius 3 is 3.07 bits per heavy atom. The minimum atomic E-state index is -0.494. The zero-order valence-electron chi connectivity index (χ0n) is 8.97. The second-order valence-corrected chi connectivity index (χ2v) is 4.83. The molecule has 0 bridgehead atoms. The lowest BCUT2D eigenvalue weighted by Crippen LogP contribution is -2.42. The first-order valence-electron chi connectivity index (χ1n) is 5.40. The van der Waals surface area contributed by atoms with Crippen LogP contribution in [0.4, 0.5) is 0 Å². The summed E-state index contributed by atoms with van der Waals surface area (Å²) in [4.78, 5) is 13.5. The van der Waals surface area contributed by atoms with Gasteiger partial charge in [-0.2, -0.15) is 0 Å². The topological polar surface area (TPSA) is 38.8 Å². The number of rotatable bonds is 0. The molecule has 2 saturated heterocycles. The monoisotopic (exact) mass is 209 g/mol. The minimum absolute atomic E-state index is 0.0499. The van der Waals surface area contributed by atoms with Crippen LogP contribution in [0.3, 0.4) is 0 Å². The Kier molecular flexibility index (Phi) is 1.77. The molecule has 3 rings (SSSR count). The Bertz CT molecular complexity index is 337. The predicted octanol–water partition coefficient (Wildman–Crippen LogP) is 0.677. The first kappa shape index (κ1) is 9.36. The van der Waals surface area contributed by atoms with Crippen LogP contribution in [0.5, 0.6) is 0 Å². The van der Waals surface area contributed by atoms with E-state index in [1.54, 1.807) is 6.08 Å². The van der Waals surface area contributed by atoms with Crippen LogP contribution < -0.4 is 0 Å². The number of carbonyl (C=O) groups excluding carboxylic acids is 1. The number of ether oxygens (including phenoxy) is 2. The first-order chi connectivity index (χ1) is 7.07. The fraction of sp³-hybridized carbons (Fsp3) is 0.727. The number of amides is 1. The summed E-state index contributed by atoms with van der Waals surface area (Å²) in [6, 6.07) is 0.175. The summed E-state index contributed by atoms with van der Waals surface area (Å²) in [5.74, 6) is -0.406. The van der Waals surface area contributed by atoms with E-state index in [1.807, 2.05) is 24.8 Å². The average molecular weight is 209 g/mol. The SMILES string of the molecule is CC1(C)O[C@H]2[C@H]3CC=CC(=O)N3C[C@H]2O1. The van der Waals surface area contributed by atoms with Crippen LogP contribution in [-0.4, -0.2) is 41.4 Å². The third kappa shape index (κ3) is 1.32. The van der Waals surface area contributed by atoms with Gasteiger partial charge in [0.2, 0.25) is 5.91 Å². The van der Waals surface area contributed by atoms with E-state index in [4.69, 9.17) is 9.47 Å². The van der Waals surface area contributed by atoms with Crippen LogP contribution in [0.1, 0.15) is 20.3 Å². The van der Waals surface area contributed by atoms with Gasteiger partial charge in [-0.25, -0.2) is 0 Å². The fourth-order valence-electron chi connectivity index (χ4n) is 2.76. The summed E-state index contributed by atoms with van der Waals surface area (Å²) >= 11 is 0. The van der Waals surface area contributed by atoms with Crippen molar-refractivity contribution in [3.63, 3.8) is 0 Å². The van der Waals surface area contributed by atoms with Crippen LogP contribution >= 0.6 is 0 Å². The number of carbonyl (C=O) groups is 1. The van der Waals surface area contributed by atoms with Gasteiger partial charge in [0.1, 0.15) is 12.2 Å². The van der Waals surface area contributed by atoms with Crippen LogP contribution in [0.25, 0.3) is 0 Å². The average Bonchev–Trinajstić information content (AvgIpc) is 2.59. The van der Waals surface area contributed by atoms with E-state index in [2.05, 4.69) is 0 Å². The quantitative estimate of drug-likeness (QED) is 0.589. The van der Waals surface area contributed by atoms with Crippen molar-refractivity contribution >= 4 is 5.91 Å². The molecule has 0 aromatic carbocycles. The van der Waals surface area contributed by atoms with E-state index < -0.39 is 5.79 Å². The highest BCUT2D eigenvalue weighted by molar-refractivity contribution is 5.89. The van der Waals surface area contributed by atoms with Gasteiger partial charge >= 0.3 is 0 Å². The van der Waals surface area contributed by atoms with Crippen molar-refractivity contribution in [3.8, 4) is 0 Å². The van der Waals surface area contributed by atoms with Gasteiger partial charge in [-0.3, -0.25) is 4.79 Å². The lowest BCUT2D eigenvalue weighted by Gasteiger charge is -2.30. The van der Waals surface area contributed by atoms with E-state index in [-0.39, 0.29) is 24.2 Å². The van der Waals surface area contributed by atoms with E-state index in [0.717, 1.165) is 6.42 Å². The maximum Gasteiger partial charge on any atom is 0.246 e. The standard InChI is InChI=1S/C11H15NO3/c1-11(2)14-8-6-12-7(10(8)15-11)4-3-5-9(12)13/h3,5,7-8,10H,4,6H2,1-2H3/t7-,8-,10+/m1/s1. The van der Waals surface area contributed by atoms with Crippen LogP contribution in [0.15, 0.2) is 12.2 Å². The van der Waals surface area contributed by atoms with Gasteiger partial charge in [0.25, 0.3) is 0 Å². The van der Waals surface area contributed by atoms with E-state index in [9.17, 15) is 4.79 Å². The van der Waals surface area contributed by atoms with Crippen molar-refractivity contribution in [3.05, 3.63) is 12.2 Å². The molecule has 0 aromatic heterocycles. The Labute approximate surface area is 88.8 Å². The van der Waals surface area contributed by atoms with Crippen molar-refractivity contribution in [1.29, 1.82) is 0 Å². The van der Waals surface area contributed by atoms with Gasteiger partial charge in [-0.15, -0.1) is 0 Å². The third-order valence-electron chi connectivity index (χ3n) is 3.30. The van der Waals surface area contributed by atoms with Gasteiger partial charge in [0.15, 0.2) is 5.79 Å². The second kappa shape index (κ2) is 2.83. The van der Waals surface area contributed by atoms with E-state index in [1.165, 1.54) is 0 Å². The largest absolute Gasteiger partial charge is 0.343 e. The Morgan fingerprint density at radius 2 is 2.27 bits per heavy atom. The zero-order chi connectivity index (χ0) is 10.6. The molecule has 82 valence electrons. The van der Waals surface area contributed by atoms with Gasteiger partial charge < -0.3 is 14.4 Å². The highest BCUT2D eigenvalue weighted by atomic mass is 16.8. The van der Waals surface area contributed by atoms with Crippen molar-refractivity contribution in [2.75, 3.05) is 6.54 Å². The summed E-state index contributed by atoms with van der Waals surface area (Å²) in [5.41, 5.74) is 0. The molecule has 0 aromatic rings. The molecule has 4 heteroatoms. The normalized spacial score (nSPS) is 41.9. The molecule has 0 N–H and O–H groups in total. The third-order valence-corrected chi connectivity index (χ3v) is 3.30. The lowest BCUT2D eigenvalue weighted by atomic mass is 10.0.